The van der Waals surface area contributed by atoms with E-state index >= 15 is 0 Å². The molecule has 1 aromatic rings. The first-order valence-electron chi connectivity index (χ1n) is 15.6. The Morgan fingerprint density at radius 3 is 2.26 bits per heavy atom. The van der Waals surface area contributed by atoms with E-state index in [1.54, 1.807) is 66.1 Å². The molecule has 0 spiro atoms. The number of hydrogen-bond donors (Lipinski definition) is 4. The summed E-state index contributed by atoms with van der Waals surface area (Å²) in [5.74, 6) is -3.58. The van der Waals surface area contributed by atoms with Gasteiger partial charge in [-0.05, 0) is 57.1 Å². The molecule has 0 aliphatic carbocycles. The van der Waals surface area contributed by atoms with Gasteiger partial charge in [-0.15, -0.1) is 6.58 Å². The van der Waals surface area contributed by atoms with Crippen LogP contribution in [-0.2, 0) is 35.3 Å². The molecule has 1 aromatic heterocycles. The molecular formula is C33H52N6O7. The van der Waals surface area contributed by atoms with Crippen molar-refractivity contribution in [1.29, 1.82) is 0 Å². The minimum Gasteiger partial charge on any atom is -0.444 e. The van der Waals surface area contributed by atoms with Crippen molar-refractivity contribution in [2.75, 3.05) is 13.1 Å². The van der Waals surface area contributed by atoms with Gasteiger partial charge in [0.2, 0.25) is 23.5 Å². The maximum absolute atomic E-state index is 13.6. The maximum atomic E-state index is 13.6. The summed E-state index contributed by atoms with van der Waals surface area (Å²) in [6.07, 6.45) is 5.89. The van der Waals surface area contributed by atoms with E-state index in [2.05, 4.69) is 46.7 Å². The number of aromatic nitrogens is 1. The van der Waals surface area contributed by atoms with Crippen LogP contribution in [-0.4, -0.2) is 82.2 Å². The summed E-state index contributed by atoms with van der Waals surface area (Å²) in [5, 5.41) is 10.1. The Morgan fingerprint density at radius 2 is 1.72 bits per heavy atom. The highest BCUT2D eigenvalue weighted by atomic mass is 16.6. The van der Waals surface area contributed by atoms with Crippen LogP contribution in [0.15, 0.2) is 37.2 Å². The zero-order valence-corrected chi connectivity index (χ0v) is 28.5. The summed E-state index contributed by atoms with van der Waals surface area (Å²) in [6, 6.07) is 0.341. The minimum atomic E-state index is -1.25. The highest BCUT2D eigenvalue weighted by molar-refractivity contribution is 6.38. The van der Waals surface area contributed by atoms with Crippen molar-refractivity contribution >= 4 is 35.5 Å². The molecule has 4 N–H and O–H groups in total. The number of pyridine rings is 1. The first kappa shape index (κ1) is 39.7. The Bertz CT molecular complexity index is 1210. The van der Waals surface area contributed by atoms with Crippen molar-refractivity contribution in [2.24, 2.45) is 5.41 Å². The number of nitrogens with one attached hydrogen (secondary N) is 4. The Hall–Kier alpha value is -4.29. The van der Waals surface area contributed by atoms with Crippen LogP contribution in [0.3, 0.4) is 0 Å². The van der Waals surface area contributed by atoms with E-state index < -0.39 is 71.2 Å². The molecule has 256 valence electrons. The van der Waals surface area contributed by atoms with Crippen LogP contribution >= 0.6 is 0 Å². The lowest BCUT2D eigenvalue weighted by Gasteiger charge is -2.36. The fourth-order valence-corrected chi connectivity index (χ4v) is 4.38. The van der Waals surface area contributed by atoms with Crippen LogP contribution in [0, 0.1) is 5.41 Å². The van der Waals surface area contributed by atoms with E-state index in [9.17, 15) is 28.8 Å². The number of likely N-dealkylation sites (tertiary alicyclic amines) is 1. The number of ether oxygens (including phenoxy) is 1. The Labute approximate surface area is 272 Å². The molecule has 1 fully saturated rings. The van der Waals surface area contributed by atoms with Crippen LogP contribution < -0.4 is 21.3 Å². The second-order valence-corrected chi connectivity index (χ2v) is 13.1. The number of hydrogen-bond acceptors (Lipinski definition) is 8. The van der Waals surface area contributed by atoms with Crippen molar-refractivity contribution in [1.82, 2.24) is 31.2 Å². The van der Waals surface area contributed by atoms with Crippen molar-refractivity contribution in [2.45, 2.75) is 111 Å². The monoisotopic (exact) mass is 644 g/mol. The molecular weight excluding hydrogens is 592 g/mol. The standard InChI is InChI=1S/C30H44N6O7.C3H8/c1-8-11-20(23(38)26(40)33-18-22(37)32-17-19-12-9-14-31-16-19)34-25(39)21-13-10-15-36(21)27(41)24(29(2,3)4)35-28(42)43-30(5,6)7;1-3-2/h8-9,12,14,16,20-21,24H,1,10-11,13,15,17-18H2,2-7H3,(H,32,37)(H,33,40)(H,34,39)(H,35,42);3H2,1-2H3/t20?,21-,24+;/m0./s1. The van der Waals surface area contributed by atoms with E-state index in [1.165, 1.54) is 17.4 Å². The first-order valence-corrected chi connectivity index (χ1v) is 15.6. The zero-order valence-electron chi connectivity index (χ0n) is 28.5. The summed E-state index contributed by atoms with van der Waals surface area (Å²) >= 11 is 0. The molecule has 46 heavy (non-hydrogen) atoms. The van der Waals surface area contributed by atoms with Gasteiger partial charge in [0.15, 0.2) is 0 Å². The molecule has 13 heteroatoms. The Kier molecular flexibility index (Phi) is 16.1. The van der Waals surface area contributed by atoms with Gasteiger partial charge in [-0.3, -0.25) is 29.0 Å². The number of Topliss-reactive ketones (excluding diaryl/α,β-unsaturated/α-hetero) is 1. The predicted molar refractivity (Wildman–Crippen MR) is 174 cm³/mol. The highest BCUT2D eigenvalue weighted by Crippen LogP contribution is 2.26. The molecule has 0 saturated carbocycles. The van der Waals surface area contributed by atoms with Crippen LogP contribution in [0.4, 0.5) is 4.79 Å². The molecule has 0 radical (unpaired) electrons. The molecule has 0 bridgehead atoms. The van der Waals surface area contributed by atoms with Crippen molar-refractivity contribution < 1.29 is 33.5 Å². The van der Waals surface area contributed by atoms with Crippen molar-refractivity contribution in [3.8, 4) is 0 Å². The molecule has 1 aliphatic heterocycles. The Morgan fingerprint density at radius 1 is 1.07 bits per heavy atom. The van der Waals surface area contributed by atoms with E-state index in [4.69, 9.17) is 4.74 Å². The summed E-state index contributed by atoms with van der Waals surface area (Å²) in [5.41, 5.74) is -0.712. The van der Waals surface area contributed by atoms with Crippen LogP contribution in [0.1, 0.15) is 86.6 Å². The molecule has 1 aliphatic rings. The molecule has 2 rings (SSSR count). The maximum Gasteiger partial charge on any atom is 0.408 e. The summed E-state index contributed by atoms with van der Waals surface area (Å²) in [6.45, 7) is 18.4. The van der Waals surface area contributed by atoms with Crippen LogP contribution in [0.5, 0.6) is 0 Å². The van der Waals surface area contributed by atoms with E-state index in [-0.39, 0.29) is 19.5 Å². The molecule has 0 aromatic carbocycles. The molecule has 5 amide bonds. The van der Waals surface area contributed by atoms with Gasteiger partial charge in [0.1, 0.15) is 23.7 Å². The zero-order chi connectivity index (χ0) is 35.1. The third-order valence-electron chi connectivity index (χ3n) is 6.49. The number of amides is 5. The third kappa shape index (κ3) is 13.8. The van der Waals surface area contributed by atoms with Gasteiger partial charge < -0.3 is 30.9 Å². The van der Waals surface area contributed by atoms with Gasteiger partial charge in [-0.25, -0.2) is 4.79 Å². The average molecular weight is 645 g/mol. The summed E-state index contributed by atoms with van der Waals surface area (Å²) < 4.78 is 5.33. The second-order valence-electron chi connectivity index (χ2n) is 13.1. The van der Waals surface area contributed by atoms with Gasteiger partial charge in [-0.2, -0.15) is 0 Å². The highest BCUT2D eigenvalue weighted by Gasteiger charge is 2.43. The van der Waals surface area contributed by atoms with Gasteiger partial charge >= 0.3 is 6.09 Å². The topological polar surface area (TPSA) is 176 Å². The van der Waals surface area contributed by atoms with Gasteiger partial charge in [0.25, 0.3) is 5.91 Å². The van der Waals surface area contributed by atoms with Gasteiger partial charge in [0.05, 0.1) is 6.54 Å². The third-order valence-corrected chi connectivity index (χ3v) is 6.49. The number of carbonyl (C=O) groups excluding carboxylic acids is 6. The van der Waals surface area contributed by atoms with E-state index in [1.807, 2.05) is 0 Å². The largest absolute Gasteiger partial charge is 0.444 e. The fourth-order valence-electron chi connectivity index (χ4n) is 4.38. The summed E-state index contributed by atoms with van der Waals surface area (Å²) in [7, 11) is 0. The minimum absolute atomic E-state index is 0.0450. The fraction of sp³-hybridized carbons (Fsp3) is 0.606. The molecule has 1 unspecified atom stereocenters. The van der Waals surface area contributed by atoms with Crippen molar-refractivity contribution in [3.63, 3.8) is 0 Å². The van der Waals surface area contributed by atoms with E-state index in [0.717, 1.165) is 5.56 Å². The lowest BCUT2D eigenvalue weighted by Crippen LogP contribution is -2.59. The Balaban J connectivity index is 0.00000338. The van der Waals surface area contributed by atoms with Crippen LogP contribution in [0.25, 0.3) is 0 Å². The lowest BCUT2D eigenvalue weighted by atomic mass is 9.85. The van der Waals surface area contributed by atoms with Gasteiger partial charge in [-0.1, -0.05) is 53.2 Å². The number of nitrogens with zero attached hydrogens (tertiary/aromatic N) is 2. The summed E-state index contributed by atoms with van der Waals surface area (Å²) in [4.78, 5) is 82.4. The predicted octanol–water partition coefficient (Wildman–Crippen LogP) is 2.79. The van der Waals surface area contributed by atoms with E-state index in [0.29, 0.717) is 12.8 Å². The molecule has 1 saturated heterocycles. The number of ketones is 1. The van der Waals surface area contributed by atoms with Gasteiger partial charge in [0, 0.05) is 25.5 Å². The SMILES string of the molecule is C=CCC(NC(=O)[C@@H]1CCCN1C(=O)[C@@H](NC(=O)OC(C)(C)C)C(C)(C)C)C(=O)C(=O)NCC(=O)NCc1cccnc1.CCC. The second kappa shape index (κ2) is 18.6. The average Bonchev–Trinajstić information content (AvgIpc) is 3.46. The van der Waals surface area contributed by atoms with Crippen LogP contribution in [0.2, 0.25) is 0 Å². The molecule has 2 heterocycles. The normalized spacial score (nSPS) is 15.7. The lowest BCUT2D eigenvalue weighted by molar-refractivity contribution is -0.144. The molecule has 13 nitrogen and oxygen atoms in total. The van der Waals surface area contributed by atoms with Crippen molar-refractivity contribution in [3.05, 3.63) is 42.7 Å². The number of alkyl carbamates (subject to hydrolysis) is 1. The number of carbonyl (C=O) groups is 6. The smallest absolute Gasteiger partial charge is 0.408 e. The quantitative estimate of drug-likeness (QED) is 0.198. The molecule has 3 atom stereocenters. The number of rotatable bonds is 12. The first-order chi connectivity index (χ1) is 21.4.